The smallest absolute Gasteiger partial charge is 0.197 e. The fourth-order valence-electron chi connectivity index (χ4n) is 1.84. The topological polar surface area (TPSA) is 46.5 Å². The summed E-state index contributed by atoms with van der Waals surface area (Å²) in [5, 5.41) is 0.0739. The Labute approximate surface area is 119 Å². The van der Waals surface area contributed by atoms with Crippen molar-refractivity contribution < 1.29 is 9.59 Å². The zero-order valence-electron chi connectivity index (χ0n) is 9.67. The van der Waals surface area contributed by atoms with Crippen molar-refractivity contribution in [3.05, 3.63) is 58.0 Å². The third-order valence-corrected chi connectivity index (χ3v) is 4.15. The molecule has 1 unspecified atom stereocenters. The SMILES string of the molecule is O=C1C=CC2=NC(C(=O)c3ccc(Cl)cc3)SC2=C1. The Kier molecular flexibility index (Phi) is 3.12. The average molecular weight is 290 g/mol. The molecular weight excluding hydrogens is 282 g/mol. The fourth-order valence-corrected chi connectivity index (χ4v) is 3.04. The Morgan fingerprint density at radius 3 is 2.68 bits per heavy atom. The highest BCUT2D eigenvalue weighted by Gasteiger charge is 2.30. The van der Waals surface area contributed by atoms with Crippen LogP contribution in [-0.4, -0.2) is 22.7 Å². The molecule has 1 aromatic carbocycles. The van der Waals surface area contributed by atoms with Gasteiger partial charge < -0.3 is 0 Å². The number of aliphatic imine (C=N–C) groups is 1. The highest BCUT2D eigenvalue weighted by atomic mass is 35.5. The van der Waals surface area contributed by atoms with Gasteiger partial charge in [-0.15, -0.1) is 0 Å². The number of ketones is 2. The molecule has 0 saturated heterocycles. The molecule has 19 heavy (non-hydrogen) atoms. The number of carbonyl (C=O) groups is 2. The van der Waals surface area contributed by atoms with Crippen molar-refractivity contribution in [3.8, 4) is 0 Å². The number of hydrogen-bond acceptors (Lipinski definition) is 4. The molecule has 3 rings (SSSR count). The van der Waals surface area contributed by atoms with Crippen LogP contribution < -0.4 is 0 Å². The van der Waals surface area contributed by atoms with Crippen molar-refractivity contribution in [2.45, 2.75) is 5.37 Å². The number of thioether (sulfide) groups is 1. The molecule has 2 aliphatic rings. The first kappa shape index (κ1) is 12.4. The first-order valence-electron chi connectivity index (χ1n) is 5.62. The van der Waals surface area contributed by atoms with E-state index in [2.05, 4.69) is 4.99 Å². The third kappa shape index (κ3) is 2.41. The van der Waals surface area contributed by atoms with Gasteiger partial charge in [0.15, 0.2) is 16.9 Å². The second kappa shape index (κ2) is 4.79. The van der Waals surface area contributed by atoms with E-state index in [9.17, 15) is 9.59 Å². The van der Waals surface area contributed by atoms with Crippen LogP contribution in [0.1, 0.15) is 10.4 Å². The first-order valence-corrected chi connectivity index (χ1v) is 6.87. The van der Waals surface area contributed by atoms with Gasteiger partial charge in [-0.05, 0) is 36.4 Å². The van der Waals surface area contributed by atoms with Gasteiger partial charge in [0.1, 0.15) is 0 Å². The van der Waals surface area contributed by atoms with Gasteiger partial charge in [0, 0.05) is 21.6 Å². The summed E-state index contributed by atoms with van der Waals surface area (Å²) in [7, 11) is 0. The van der Waals surface area contributed by atoms with Gasteiger partial charge in [0.25, 0.3) is 0 Å². The monoisotopic (exact) mass is 289 g/mol. The zero-order chi connectivity index (χ0) is 13.4. The van der Waals surface area contributed by atoms with E-state index in [1.165, 1.54) is 23.9 Å². The van der Waals surface area contributed by atoms with E-state index in [1.807, 2.05) is 0 Å². The molecular formula is C14H8ClNO2S. The summed E-state index contributed by atoms with van der Waals surface area (Å²) >= 11 is 7.10. The average Bonchev–Trinajstić information content (AvgIpc) is 2.81. The van der Waals surface area contributed by atoms with Crippen LogP contribution in [0.5, 0.6) is 0 Å². The summed E-state index contributed by atoms with van der Waals surface area (Å²) in [6.07, 6.45) is 4.62. The van der Waals surface area contributed by atoms with Gasteiger partial charge >= 0.3 is 0 Å². The van der Waals surface area contributed by atoms with Crippen LogP contribution in [0.15, 0.2) is 52.4 Å². The standard InChI is InChI=1S/C14H8ClNO2S/c15-9-3-1-8(2-4-9)13(18)14-16-11-6-5-10(17)7-12(11)19-14/h1-7,14H. The number of Topliss-reactive ketones (excluding diaryl/α,β-unsaturated/α-hetero) is 1. The first-order chi connectivity index (χ1) is 9.13. The van der Waals surface area contributed by atoms with E-state index in [1.54, 1.807) is 30.3 Å². The highest BCUT2D eigenvalue weighted by molar-refractivity contribution is 8.05. The normalized spacial score (nSPS) is 20.9. The maximum Gasteiger partial charge on any atom is 0.197 e. The van der Waals surface area contributed by atoms with E-state index < -0.39 is 5.37 Å². The van der Waals surface area contributed by atoms with Gasteiger partial charge in [0.05, 0.1) is 5.71 Å². The van der Waals surface area contributed by atoms with E-state index in [-0.39, 0.29) is 11.6 Å². The van der Waals surface area contributed by atoms with E-state index in [0.717, 1.165) is 4.91 Å². The van der Waals surface area contributed by atoms with Gasteiger partial charge in [-0.25, -0.2) is 0 Å². The Hall–Kier alpha value is -1.65. The van der Waals surface area contributed by atoms with Crippen molar-refractivity contribution >= 4 is 40.6 Å². The van der Waals surface area contributed by atoms with Crippen molar-refractivity contribution in [1.82, 2.24) is 0 Å². The van der Waals surface area contributed by atoms with Gasteiger partial charge in [0.2, 0.25) is 0 Å². The van der Waals surface area contributed by atoms with Crippen LogP contribution in [-0.2, 0) is 4.79 Å². The molecule has 0 radical (unpaired) electrons. The molecule has 1 aliphatic carbocycles. The second-order valence-electron chi connectivity index (χ2n) is 4.10. The molecule has 5 heteroatoms. The van der Waals surface area contributed by atoms with Crippen LogP contribution in [0, 0.1) is 0 Å². The molecule has 0 aromatic heterocycles. The fraction of sp³-hybridized carbons (Fsp3) is 0.0714. The van der Waals surface area contributed by atoms with Crippen molar-refractivity contribution in [2.24, 2.45) is 4.99 Å². The number of rotatable bonds is 2. The Bertz CT molecular complexity index is 659. The Morgan fingerprint density at radius 2 is 1.95 bits per heavy atom. The molecule has 0 spiro atoms. The van der Waals surface area contributed by atoms with Gasteiger partial charge in [-0.3, -0.25) is 14.6 Å². The number of allylic oxidation sites excluding steroid dienone is 4. The zero-order valence-corrected chi connectivity index (χ0v) is 11.2. The summed E-state index contributed by atoms with van der Waals surface area (Å²) < 4.78 is 0. The van der Waals surface area contributed by atoms with Crippen LogP contribution in [0.25, 0.3) is 0 Å². The maximum absolute atomic E-state index is 12.3. The van der Waals surface area contributed by atoms with Gasteiger partial charge in [-0.2, -0.15) is 0 Å². The Balaban J connectivity index is 1.86. The lowest BCUT2D eigenvalue weighted by Gasteiger charge is -2.05. The van der Waals surface area contributed by atoms with Crippen LogP contribution in [0.2, 0.25) is 5.02 Å². The van der Waals surface area contributed by atoms with Crippen LogP contribution in [0.3, 0.4) is 0 Å². The molecule has 0 amide bonds. The van der Waals surface area contributed by atoms with Crippen LogP contribution >= 0.6 is 23.4 Å². The molecule has 1 heterocycles. The number of hydrogen-bond donors (Lipinski definition) is 0. The molecule has 0 saturated carbocycles. The molecule has 1 aromatic rings. The summed E-state index contributed by atoms with van der Waals surface area (Å²) in [5.74, 6) is -0.147. The minimum absolute atomic E-state index is 0.0685. The molecule has 0 N–H and O–H groups in total. The van der Waals surface area contributed by atoms with Crippen molar-refractivity contribution in [3.63, 3.8) is 0 Å². The summed E-state index contributed by atoms with van der Waals surface area (Å²) in [5.41, 5.74) is 1.28. The number of benzene rings is 1. The van der Waals surface area contributed by atoms with E-state index in [4.69, 9.17) is 11.6 Å². The van der Waals surface area contributed by atoms with E-state index in [0.29, 0.717) is 16.3 Å². The molecule has 94 valence electrons. The number of nitrogens with zero attached hydrogens (tertiary/aromatic N) is 1. The summed E-state index contributed by atoms with van der Waals surface area (Å²) in [4.78, 5) is 28.6. The summed E-state index contributed by atoms with van der Waals surface area (Å²) in [6.45, 7) is 0. The lowest BCUT2D eigenvalue weighted by molar-refractivity contribution is -0.110. The van der Waals surface area contributed by atoms with Crippen LogP contribution in [0.4, 0.5) is 0 Å². The second-order valence-corrected chi connectivity index (χ2v) is 5.66. The third-order valence-electron chi connectivity index (χ3n) is 2.78. The minimum atomic E-state index is -0.516. The molecule has 3 nitrogen and oxygen atoms in total. The highest BCUT2D eigenvalue weighted by Crippen LogP contribution is 2.35. The minimum Gasteiger partial charge on any atom is -0.291 e. The lowest BCUT2D eigenvalue weighted by Crippen LogP contribution is -2.12. The molecule has 0 bridgehead atoms. The van der Waals surface area contributed by atoms with Crippen molar-refractivity contribution in [2.75, 3.05) is 0 Å². The maximum atomic E-state index is 12.3. The Morgan fingerprint density at radius 1 is 1.21 bits per heavy atom. The number of carbonyl (C=O) groups excluding carboxylic acids is 2. The predicted molar refractivity (Wildman–Crippen MR) is 76.8 cm³/mol. The molecule has 1 atom stereocenters. The quantitative estimate of drug-likeness (QED) is 0.621. The summed E-state index contributed by atoms with van der Waals surface area (Å²) in [6, 6.07) is 6.72. The molecule has 0 fully saturated rings. The largest absolute Gasteiger partial charge is 0.291 e. The van der Waals surface area contributed by atoms with E-state index >= 15 is 0 Å². The predicted octanol–water partition coefficient (Wildman–Crippen LogP) is 3.06. The number of halogens is 1. The van der Waals surface area contributed by atoms with Crippen molar-refractivity contribution in [1.29, 1.82) is 0 Å². The molecule has 1 aliphatic heterocycles. The van der Waals surface area contributed by atoms with Gasteiger partial charge in [-0.1, -0.05) is 23.4 Å². The lowest BCUT2D eigenvalue weighted by atomic mass is 10.1. The number of fused-ring (bicyclic) bond motifs is 1.